The van der Waals surface area contributed by atoms with Gasteiger partial charge in [0.15, 0.2) is 0 Å². The summed E-state index contributed by atoms with van der Waals surface area (Å²) in [5, 5.41) is 0. The van der Waals surface area contributed by atoms with Crippen molar-refractivity contribution in [1.82, 2.24) is 5.43 Å². The number of benzene rings is 2. The topological polar surface area (TPSA) is 24.1 Å². The Hall–Kier alpha value is -2.31. The van der Waals surface area contributed by atoms with Crippen molar-refractivity contribution < 1.29 is 4.39 Å². The summed E-state index contributed by atoms with van der Waals surface area (Å²) < 4.78 is 13.6. The van der Waals surface area contributed by atoms with Crippen LogP contribution in [0.5, 0.6) is 0 Å². The average molecular weight is 240 g/mol. The molecule has 0 unspecified atom stereocenters. The summed E-state index contributed by atoms with van der Waals surface area (Å²) >= 11 is 0. The largest absolute Gasteiger partial charge is 0.321 e. The molecular weight excluding hydrogens is 227 g/mol. The van der Waals surface area contributed by atoms with Gasteiger partial charge in [-0.15, -0.1) is 6.42 Å². The molecule has 2 aromatic carbocycles. The number of rotatable bonds is 4. The molecule has 0 heterocycles. The van der Waals surface area contributed by atoms with Crippen LogP contribution in [-0.4, -0.2) is 0 Å². The minimum absolute atomic E-state index is 0.298. The highest BCUT2D eigenvalue weighted by atomic mass is 19.1. The third kappa shape index (κ3) is 3.09. The molecule has 0 spiro atoms. The van der Waals surface area contributed by atoms with Gasteiger partial charge in [0.1, 0.15) is 5.82 Å². The predicted molar refractivity (Wildman–Crippen MR) is 71.2 cm³/mol. The molecular formula is C15H13FN2. The van der Waals surface area contributed by atoms with Crippen molar-refractivity contribution in [3.05, 3.63) is 65.5 Å². The summed E-state index contributed by atoms with van der Waals surface area (Å²) in [6.45, 7) is 0.381. The van der Waals surface area contributed by atoms with Gasteiger partial charge in [0.05, 0.1) is 0 Å². The summed E-state index contributed by atoms with van der Waals surface area (Å²) in [5.41, 5.74) is 7.99. The van der Waals surface area contributed by atoms with Crippen LogP contribution in [0.1, 0.15) is 11.1 Å². The molecule has 90 valence electrons. The zero-order chi connectivity index (χ0) is 12.8. The maximum atomic E-state index is 13.6. The molecule has 0 atom stereocenters. The quantitative estimate of drug-likeness (QED) is 0.634. The second-order valence-electron chi connectivity index (χ2n) is 3.80. The van der Waals surface area contributed by atoms with E-state index in [1.807, 2.05) is 30.3 Å². The maximum absolute atomic E-state index is 13.6. The average Bonchev–Trinajstić information content (AvgIpc) is 2.42. The Bertz CT molecular complexity index is 558. The normalized spacial score (nSPS) is 9.78. The minimum atomic E-state index is -0.298. The lowest BCUT2D eigenvalue weighted by atomic mass is 10.1. The smallest absolute Gasteiger partial charge is 0.129 e. The molecule has 0 aliphatic heterocycles. The van der Waals surface area contributed by atoms with Gasteiger partial charge in [0.2, 0.25) is 0 Å². The van der Waals surface area contributed by atoms with Crippen LogP contribution in [-0.2, 0) is 6.54 Å². The SMILES string of the molecule is C#Cc1ccc(CNNc2ccccc2)c(F)c1. The lowest BCUT2D eigenvalue weighted by molar-refractivity contribution is 0.600. The van der Waals surface area contributed by atoms with E-state index in [0.717, 1.165) is 5.69 Å². The van der Waals surface area contributed by atoms with Gasteiger partial charge in [0, 0.05) is 23.4 Å². The summed E-state index contributed by atoms with van der Waals surface area (Å²) in [7, 11) is 0. The van der Waals surface area contributed by atoms with Gasteiger partial charge in [-0.1, -0.05) is 30.2 Å². The number of hydrogen-bond acceptors (Lipinski definition) is 2. The number of hydrazine groups is 1. The Morgan fingerprint density at radius 3 is 2.56 bits per heavy atom. The van der Waals surface area contributed by atoms with Crippen LogP contribution >= 0.6 is 0 Å². The highest BCUT2D eigenvalue weighted by molar-refractivity contribution is 5.41. The molecule has 2 rings (SSSR count). The fraction of sp³-hybridized carbons (Fsp3) is 0.0667. The molecule has 0 aromatic heterocycles. The van der Waals surface area contributed by atoms with Gasteiger partial charge in [-0.25, -0.2) is 9.82 Å². The van der Waals surface area contributed by atoms with Crippen LogP contribution in [0.3, 0.4) is 0 Å². The van der Waals surface area contributed by atoms with Crippen molar-refractivity contribution in [1.29, 1.82) is 0 Å². The molecule has 2 N–H and O–H groups in total. The zero-order valence-corrected chi connectivity index (χ0v) is 9.78. The Kier molecular flexibility index (Phi) is 3.95. The van der Waals surface area contributed by atoms with Gasteiger partial charge in [-0.3, -0.25) is 0 Å². The molecule has 2 nitrogen and oxygen atoms in total. The molecule has 2 aromatic rings. The summed E-state index contributed by atoms with van der Waals surface area (Å²) in [5.74, 6) is 2.10. The second-order valence-corrected chi connectivity index (χ2v) is 3.80. The molecule has 0 aliphatic rings. The molecule has 0 saturated carbocycles. The molecule has 3 heteroatoms. The first-order chi connectivity index (χ1) is 8.79. The first-order valence-corrected chi connectivity index (χ1v) is 5.58. The van der Waals surface area contributed by atoms with Gasteiger partial charge in [0.25, 0.3) is 0 Å². The van der Waals surface area contributed by atoms with Crippen LogP contribution in [0, 0.1) is 18.2 Å². The van der Waals surface area contributed by atoms with Crippen LogP contribution < -0.4 is 10.9 Å². The summed E-state index contributed by atoms with van der Waals surface area (Å²) in [6, 6.07) is 14.4. The van der Waals surface area contributed by atoms with E-state index in [1.165, 1.54) is 6.07 Å². The highest BCUT2D eigenvalue weighted by Gasteiger charge is 2.02. The van der Waals surface area contributed by atoms with Gasteiger partial charge in [-0.05, 0) is 24.3 Å². The number of hydrogen-bond donors (Lipinski definition) is 2. The standard InChI is InChI=1S/C15H13FN2/c1-2-12-8-9-13(15(16)10-12)11-17-18-14-6-4-3-5-7-14/h1,3-10,17-18H,11H2. The molecule has 0 fully saturated rings. The number of halogens is 1. The molecule has 0 saturated heterocycles. The van der Waals surface area contributed by atoms with Crippen molar-refractivity contribution in [3.63, 3.8) is 0 Å². The van der Waals surface area contributed by atoms with Crippen LogP contribution in [0.25, 0.3) is 0 Å². The van der Waals surface area contributed by atoms with Gasteiger partial charge in [-0.2, -0.15) is 0 Å². The molecule has 0 bridgehead atoms. The van der Waals surface area contributed by atoms with Crippen LogP contribution in [0.15, 0.2) is 48.5 Å². The third-order valence-corrected chi connectivity index (χ3v) is 2.51. The van der Waals surface area contributed by atoms with E-state index >= 15 is 0 Å². The van der Waals surface area contributed by atoms with Crippen LogP contribution in [0.2, 0.25) is 0 Å². The second kappa shape index (κ2) is 5.85. The van der Waals surface area contributed by atoms with Crippen molar-refractivity contribution in [2.75, 3.05) is 5.43 Å². The number of para-hydroxylation sites is 1. The molecule has 18 heavy (non-hydrogen) atoms. The number of anilines is 1. The van der Waals surface area contributed by atoms with E-state index in [0.29, 0.717) is 17.7 Å². The maximum Gasteiger partial charge on any atom is 0.129 e. The summed E-state index contributed by atoms with van der Waals surface area (Å²) in [6.07, 6.45) is 5.20. The number of nitrogens with one attached hydrogen (secondary N) is 2. The Labute approximate surface area is 106 Å². The fourth-order valence-corrected chi connectivity index (χ4v) is 1.54. The van der Waals surface area contributed by atoms with E-state index in [4.69, 9.17) is 6.42 Å². The monoisotopic (exact) mass is 240 g/mol. The van der Waals surface area contributed by atoms with Gasteiger partial charge >= 0.3 is 0 Å². The van der Waals surface area contributed by atoms with Crippen molar-refractivity contribution in [3.8, 4) is 12.3 Å². The van der Waals surface area contributed by atoms with E-state index in [1.54, 1.807) is 12.1 Å². The van der Waals surface area contributed by atoms with E-state index in [2.05, 4.69) is 16.8 Å². The molecule has 0 amide bonds. The molecule has 0 radical (unpaired) electrons. The van der Waals surface area contributed by atoms with E-state index in [-0.39, 0.29) is 5.82 Å². The predicted octanol–water partition coefficient (Wildman–Crippen LogP) is 2.92. The van der Waals surface area contributed by atoms with E-state index in [9.17, 15) is 4.39 Å². The van der Waals surface area contributed by atoms with Crippen molar-refractivity contribution in [2.45, 2.75) is 6.54 Å². The van der Waals surface area contributed by atoms with Crippen molar-refractivity contribution >= 4 is 5.69 Å². The van der Waals surface area contributed by atoms with E-state index < -0.39 is 0 Å². The Morgan fingerprint density at radius 1 is 1.11 bits per heavy atom. The summed E-state index contributed by atoms with van der Waals surface area (Å²) in [4.78, 5) is 0. The first kappa shape index (κ1) is 12.2. The van der Waals surface area contributed by atoms with Crippen LogP contribution in [0.4, 0.5) is 10.1 Å². The zero-order valence-electron chi connectivity index (χ0n) is 9.78. The Morgan fingerprint density at radius 2 is 1.89 bits per heavy atom. The lowest BCUT2D eigenvalue weighted by Crippen LogP contribution is -2.21. The highest BCUT2D eigenvalue weighted by Crippen LogP contribution is 2.10. The first-order valence-electron chi connectivity index (χ1n) is 5.58. The van der Waals surface area contributed by atoms with Crippen molar-refractivity contribution in [2.24, 2.45) is 0 Å². The van der Waals surface area contributed by atoms with Gasteiger partial charge < -0.3 is 5.43 Å². The minimum Gasteiger partial charge on any atom is -0.321 e. The third-order valence-electron chi connectivity index (χ3n) is 2.51. The molecule has 0 aliphatic carbocycles. The Balaban J connectivity index is 1.93. The lowest BCUT2D eigenvalue weighted by Gasteiger charge is -2.09. The fourth-order valence-electron chi connectivity index (χ4n) is 1.54. The number of terminal acetylenes is 1.